The standard InChI is InChI=1S/C17H21N5S/c1-10(2)8-14-16(15(19)13(9-18)22-20)21-17(23-14)12-6-4-11(3)5-7-12/h4-7,10,22H,8,19-20H2,1-3H3/b15-13-. The zero-order valence-corrected chi connectivity index (χ0v) is 14.4. The fraction of sp³-hybridized carbons (Fsp3) is 0.294. The zero-order chi connectivity index (χ0) is 17.0. The van der Waals surface area contributed by atoms with Gasteiger partial charge in [-0.25, -0.2) is 10.8 Å². The molecule has 0 aliphatic rings. The smallest absolute Gasteiger partial charge is 0.153 e. The minimum atomic E-state index is 0.135. The molecule has 1 aromatic carbocycles. The highest BCUT2D eigenvalue weighted by molar-refractivity contribution is 7.15. The minimum absolute atomic E-state index is 0.135. The molecule has 0 fully saturated rings. The van der Waals surface area contributed by atoms with Gasteiger partial charge >= 0.3 is 0 Å². The number of nitrogens with one attached hydrogen (secondary N) is 1. The molecule has 120 valence electrons. The Bertz CT molecular complexity index is 750. The van der Waals surface area contributed by atoms with Crippen LogP contribution in [0.25, 0.3) is 16.3 Å². The van der Waals surface area contributed by atoms with Crippen LogP contribution in [-0.2, 0) is 6.42 Å². The average molecular weight is 327 g/mol. The summed E-state index contributed by atoms with van der Waals surface area (Å²) < 4.78 is 0. The predicted molar refractivity (Wildman–Crippen MR) is 94.9 cm³/mol. The van der Waals surface area contributed by atoms with E-state index in [-0.39, 0.29) is 5.70 Å². The summed E-state index contributed by atoms with van der Waals surface area (Å²) in [5.74, 6) is 5.83. The Kier molecular flexibility index (Phi) is 5.37. The Morgan fingerprint density at radius 1 is 1.35 bits per heavy atom. The van der Waals surface area contributed by atoms with Crippen LogP contribution in [-0.4, -0.2) is 4.98 Å². The zero-order valence-electron chi connectivity index (χ0n) is 13.6. The lowest BCUT2D eigenvalue weighted by atomic mass is 10.1. The van der Waals surface area contributed by atoms with Crippen molar-refractivity contribution in [1.29, 1.82) is 5.26 Å². The van der Waals surface area contributed by atoms with E-state index in [1.807, 2.05) is 25.1 Å². The quantitative estimate of drug-likeness (QED) is 0.445. The lowest BCUT2D eigenvalue weighted by molar-refractivity contribution is 0.652. The highest BCUT2D eigenvalue weighted by Crippen LogP contribution is 2.32. The van der Waals surface area contributed by atoms with Crippen LogP contribution in [0.4, 0.5) is 0 Å². The van der Waals surface area contributed by atoms with Crippen molar-refractivity contribution >= 4 is 17.0 Å². The SMILES string of the molecule is Cc1ccc(-c2nc(/C(N)=C(\C#N)NN)c(CC(C)C)s2)cc1. The molecule has 0 atom stereocenters. The molecule has 0 saturated heterocycles. The van der Waals surface area contributed by atoms with Crippen molar-refractivity contribution in [2.24, 2.45) is 17.5 Å². The molecule has 0 aliphatic carbocycles. The van der Waals surface area contributed by atoms with Gasteiger partial charge in [-0.05, 0) is 19.3 Å². The highest BCUT2D eigenvalue weighted by atomic mass is 32.1. The first kappa shape index (κ1) is 17.0. The molecule has 0 unspecified atom stereocenters. The fourth-order valence-electron chi connectivity index (χ4n) is 2.18. The average Bonchev–Trinajstić information content (AvgIpc) is 2.92. The number of nitrogens with two attached hydrogens (primary N) is 2. The van der Waals surface area contributed by atoms with Crippen molar-refractivity contribution in [2.75, 3.05) is 0 Å². The Morgan fingerprint density at radius 3 is 2.52 bits per heavy atom. The summed E-state index contributed by atoms with van der Waals surface area (Å²) in [6, 6.07) is 10.2. The van der Waals surface area contributed by atoms with E-state index in [1.165, 1.54) is 5.56 Å². The van der Waals surface area contributed by atoms with Crippen LogP contribution in [0.3, 0.4) is 0 Å². The summed E-state index contributed by atoms with van der Waals surface area (Å²) >= 11 is 1.61. The highest BCUT2D eigenvalue weighted by Gasteiger charge is 2.18. The second-order valence-electron chi connectivity index (χ2n) is 5.80. The monoisotopic (exact) mass is 327 g/mol. The maximum Gasteiger partial charge on any atom is 0.153 e. The van der Waals surface area contributed by atoms with Gasteiger partial charge in [0.25, 0.3) is 0 Å². The van der Waals surface area contributed by atoms with Gasteiger partial charge in [-0.2, -0.15) is 5.26 Å². The Morgan fingerprint density at radius 2 is 2.00 bits per heavy atom. The van der Waals surface area contributed by atoms with Crippen molar-refractivity contribution in [3.8, 4) is 16.6 Å². The molecule has 0 bridgehead atoms. The van der Waals surface area contributed by atoms with Gasteiger partial charge in [-0.3, -0.25) is 0 Å². The third kappa shape index (κ3) is 3.89. The second kappa shape index (κ2) is 7.27. The van der Waals surface area contributed by atoms with Crippen LogP contribution < -0.4 is 17.0 Å². The number of rotatable bonds is 5. The molecule has 2 aromatic rings. The van der Waals surface area contributed by atoms with E-state index < -0.39 is 0 Å². The molecule has 1 aromatic heterocycles. The molecular formula is C17H21N5S. The number of aromatic nitrogens is 1. The second-order valence-corrected chi connectivity index (χ2v) is 6.88. The van der Waals surface area contributed by atoms with Crippen LogP contribution in [0, 0.1) is 24.2 Å². The van der Waals surface area contributed by atoms with Gasteiger partial charge in [0.15, 0.2) is 5.70 Å². The molecule has 0 spiro atoms. The lowest BCUT2D eigenvalue weighted by Crippen LogP contribution is -2.23. The molecule has 1 heterocycles. The Balaban J connectivity index is 2.55. The van der Waals surface area contributed by atoms with Crippen molar-refractivity contribution in [2.45, 2.75) is 27.2 Å². The molecule has 5 nitrogen and oxygen atoms in total. The van der Waals surface area contributed by atoms with E-state index in [0.29, 0.717) is 17.3 Å². The fourth-order valence-corrected chi connectivity index (χ4v) is 3.47. The number of aryl methyl sites for hydroxylation is 1. The van der Waals surface area contributed by atoms with Gasteiger partial charge in [0.2, 0.25) is 0 Å². The topological polar surface area (TPSA) is 101 Å². The van der Waals surface area contributed by atoms with Gasteiger partial charge in [-0.15, -0.1) is 11.3 Å². The first-order valence-electron chi connectivity index (χ1n) is 7.39. The van der Waals surface area contributed by atoms with Crippen molar-refractivity contribution < 1.29 is 0 Å². The minimum Gasteiger partial charge on any atom is -0.395 e. The van der Waals surface area contributed by atoms with Crippen molar-refractivity contribution in [1.82, 2.24) is 10.4 Å². The van der Waals surface area contributed by atoms with Crippen molar-refractivity contribution in [3.63, 3.8) is 0 Å². The predicted octanol–water partition coefficient (Wildman–Crippen LogP) is 2.93. The summed E-state index contributed by atoms with van der Waals surface area (Å²) in [6.07, 6.45) is 0.850. The first-order valence-corrected chi connectivity index (χ1v) is 8.21. The van der Waals surface area contributed by atoms with E-state index in [0.717, 1.165) is 21.9 Å². The number of allylic oxidation sites excluding steroid dienone is 1. The molecule has 0 radical (unpaired) electrons. The summed E-state index contributed by atoms with van der Waals surface area (Å²) in [5.41, 5.74) is 11.8. The van der Waals surface area contributed by atoms with Gasteiger partial charge < -0.3 is 11.2 Å². The van der Waals surface area contributed by atoms with Gasteiger partial charge in [0.1, 0.15) is 16.8 Å². The number of hydrazine groups is 1. The molecule has 2 rings (SSSR count). The van der Waals surface area contributed by atoms with E-state index in [1.54, 1.807) is 11.3 Å². The Hall–Kier alpha value is -2.36. The van der Waals surface area contributed by atoms with Gasteiger partial charge in [-0.1, -0.05) is 43.7 Å². The third-order valence-electron chi connectivity index (χ3n) is 3.37. The lowest BCUT2D eigenvalue weighted by Gasteiger charge is -2.06. The summed E-state index contributed by atoms with van der Waals surface area (Å²) in [5, 5.41) is 10.0. The Labute approximate surface area is 140 Å². The molecule has 23 heavy (non-hydrogen) atoms. The van der Waals surface area contributed by atoms with Crippen molar-refractivity contribution in [3.05, 3.63) is 46.1 Å². The van der Waals surface area contributed by atoms with E-state index in [2.05, 4.69) is 36.4 Å². The number of nitrogens with zero attached hydrogens (tertiary/aromatic N) is 2. The van der Waals surface area contributed by atoms with Crippen LogP contribution in [0.2, 0.25) is 0 Å². The number of thiazole rings is 1. The molecule has 0 aliphatic heterocycles. The van der Waals surface area contributed by atoms with Crippen LogP contribution in [0.15, 0.2) is 30.0 Å². The number of hydrogen-bond acceptors (Lipinski definition) is 6. The normalized spacial score (nSPS) is 12.0. The summed E-state index contributed by atoms with van der Waals surface area (Å²) in [7, 11) is 0. The first-order chi connectivity index (χ1) is 11.0. The van der Waals surface area contributed by atoms with E-state index in [4.69, 9.17) is 16.8 Å². The maximum absolute atomic E-state index is 9.13. The van der Waals surface area contributed by atoms with E-state index >= 15 is 0 Å². The van der Waals surface area contributed by atoms with Crippen LogP contribution >= 0.6 is 11.3 Å². The maximum atomic E-state index is 9.13. The molecule has 5 N–H and O–H groups in total. The van der Waals surface area contributed by atoms with Crippen LogP contribution in [0.5, 0.6) is 0 Å². The van der Waals surface area contributed by atoms with Gasteiger partial charge in [0, 0.05) is 10.4 Å². The summed E-state index contributed by atoms with van der Waals surface area (Å²) in [4.78, 5) is 5.73. The molecular weight excluding hydrogens is 306 g/mol. The third-order valence-corrected chi connectivity index (χ3v) is 4.50. The van der Waals surface area contributed by atoms with Gasteiger partial charge in [0.05, 0.1) is 5.70 Å². The number of nitriles is 1. The molecule has 0 saturated carbocycles. The van der Waals surface area contributed by atoms with E-state index in [9.17, 15) is 0 Å². The summed E-state index contributed by atoms with van der Waals surface area (Å²) in [6.45, 7) is 6.33. The molecule has 0 amide bonds. The largest absolute Gasteiger partial charge is 0.395 e. The molecule has 6 heteroatoms. The number of hydrogen-bond donors (Lipinski definition) is 3. The number of benzene rings is 1. The van der Waals surface area contributed by atoms with Crippen LogP contribution in [0.1, 0.15) is 30.0 Å².